The van der Waals surface area contributed by atoms with Crippen LogP contribution >= 0.6 is 12.6 Å². The van der Waals surface area contributed by atoms with E-state index in [9.17, 15) is 14.0 Å². The molecule has 108 valence electrons. The molecule has 1 fully saturated rings. The van der Waals surface area contributed by atoms with E-state index < -0.39 is 11.7 Å². The Hall–Kier alpha value is -1.56. The summed E-state index contributed by atoms with van der Waals surface area (Å²) in [4.78, 5) is 23.7. The molecule has 1 aromatic rings. The van der Waals surface area contributed by atoms with Gasteiger partial charge in [0.1, 0.15) is 5.82 Å². The zero-order valence-electron chi connectivity index (χ0n) is 11.0. The molecule has 0 radical (unpaired) electrons. The lowest BCUT2D eigenvalue weighted by molar-refractivity contribution is -0.121. The monoisotopic (exact) mass is 296 g/mol. The SMILES string of the molecule is O=C(CCCNC(=O)c1cc(S)ccc1F)NC1CC1. The molecule has 1 aliphatic carbocycles. The number of halogens is 1. The second-order valence-electron chi connectivity index (χ2n) is 4.87. The minimum Gasteiger partial charge on any atom is -0.353 e. The summed E-state index contributed by atoms with van der Waals surface area (Å²) in [5, 5.41) is 5.47. The fraction of sp³-hybridized carbons (Fsp3) is 0.429. The molecule has 2 N–H and O–H groups in total. The highest BCUT2D eigenvalue weighted by atomic mass is 32.1. The maximum Gasteiger partial charge on any atom is 0.254 e. The molecule has 0 spiro atoms. The third-order valence-electron chi connectivity index (χ3n) is 3.00. The van der Waals surface area contributed by atoms with E-state index in [0.29, 0.717) is 30.3 Å². The van der Waals surface area contributed by atoms with Gasteiger partial charge >= 0.3 is 0 Å². The molecule has 20 heavy (non-hydrogen) atoms. The predicted molar refractivity (Wildman–Crippen MR) is 76.4 cm³/mol. The van der Waals surface area contributed by atoms with Crippen LogP contribution in [0, 0.1) is 5.82 Å². The molecule has 0 atom stereocenters. The smallest absolute Gasteiger partial charge is 0.254 e. The van der Waals surface area contributed by atoms with E-state index in [1.807, 2.05) is 0 Å². The molecule has 0 aliphatic heterocycles. The number of hydrogen-bond acceptors (Lipinski definition) is 3. The number of benzene rings is 1. The molecule has 0 aromatic heterocycles. The highest BCUT2D eigenvalue weighted by molar-refractivity contribution is 7.80. The van der Waals surface area contributed by atoms with Gasteiger partial charge in [-0.3, -0.25) is 9.59 Å². The van der Waals surface area contributed by atoms with E-state index >= 15 is 0 Å². The van der Waals surface area contributed by atoms with Crippen LogP contribution in [0.5, 0.6) is 0 Å². The van der Waals surface area contributed by atoms with Gasteiger partial charge in [0.25, 0.3) is 5.91 Å². The Morgan fingerprint density at radius 2 is 2.10 bits per heavy atom. The number of nitrogens with one attached hydrogen (secondary N) is 2. The van der Waals surface area contributed by atoms with Crippen LogP contribution < -0.4 is 10.6 Å². The van der Waals surface area contributed by atoms with E-state index in [4.69, 9.17) is 0 Å². The van der Waals surface area contributed by atoms with Crippen LogP contribution in [0.1, 0.15) is 36.0 Å². The highest BCUT2D eigenvalue weighted by Gasteiger charge is 2.22. The number of carbonyl (C=O) groups excluding carboxylic acids is 2. The second-order valence-corrected chi connectivity index (χ2v) is 5.38. The van der Waals surface area contributed by atoms with E-state index in [2.05, 4.69) is 23.3 Å². The summed E-state index contributed by atoms with van der Waals surface area (Å²) in [6.07, 6.45) is 3.02. The Morgan fingerprint density at radius 1 is 1.35 bits per heavy atom. The first-order valence-corrected chi connectivity index (χ1v) is 7.07. The number of thiol groups is 1. The third-order valence-corrected chi connectivity index (χ3v) is 3.28. The quantitative estimate of drug-likeness (QED) is 0.555. The van der Waals surface area contributed by atoms with Crippen molar-refractivity contribution in [3.8, 4) is 0 Å². The molecule has 1 saturated carbocycles. The van der Waals surface area contributed by atoms with Gasteiger partial charge in [-0.2, -0.15) is 0 Å². The molecule has 2 amide bonds. The van der Waals surface area contributed by atoms with E-state index in [1.54, 1.807) is 0 Å². The lowest BCUT2D eigenvalue weighted by Gasteiger charge is -2.07. The topological polar surface area (TPSA) is 58.2 Å². The van der Waals surface area contributed by atoms with Gasteiger partial charge in [-0.15, -0.1) is 12.6 Å². The van der Waals surface area contributed by atoms with Crippen LogP contribution in [0.3, 0.4) is 0 Å². The molecule has 1 aliphatic rings. The first kappa shape index (κ1) is 14.8. The second kappa shape index (κ2) is 6.74. The Kier molecular flexibility index (Phi) is 5.00. The van der Waals surface area contributed by atoms with Crippen molar-refractivity contribution in [1.82, 2.24) is 10.6 Å². The van der Waals surface area contributed by atoms with Gasteiger partial charge in [0.05, 0.1) is 5.56 Å². The number of carbonyl (C=O) groups is 2. The van der Waals surface area contributed by atoms with Crippen molar-refractivity contribution in [3.05, 3.63) is 29.6 Å². The molecule has 4 nitrogen and oxygen atoms in total. The summed E-state index contributed by atoms with van der Waals surface area (Å²) < 4.78 is 13.4. The van der Waals surface area contributed by atoms with Gasteiger partial charge in [0.15, 0.2) is 0 Å². The minimum atomic E-state index is -0.577. The molecule has 1 aromatic carbocycles. The van der Waals surface area contributed by atoms with E-state index in [0.717, 1.165) is 12.8 Å². The first-order valence-electron chi connectivity index (χ1n) is 6.62. The summed E-state index contributed by atoms with van der Waals surface area (Å²) in [6.45, 7) is 0.340. The zero-order valence-corrected chi connectivity index (χ0v) is 11.9. The molecule has 2 rings (SSSR count). The van der Waals surface area contributed by atoms with Crippen molar-refractivity contribution in [2.45, 2.75) is 36.6 Å². The Balaban J connectivity index is 1.71. The van der Waals surface area contributed by atoms with Gasteiger partial charge in [-0.1, -0.05) is 0 Å². The summed E-state index contributed by atoms with van der Waals surface area (Å²) >= 11 is 4.07. The van der Waals surface area contributed by atoms with Gasteiger partial charge in [0.2, 0.25) is 5.91 Å². The summed E-state index contributed by atoms with van der Waals surface area (Å²) in [6, 6.07) is 4.43. The largest absolute Gasteiger partial charge is 0.353 e. The van der Waals surface area contributed by atoms with Gasteiger partial charge in [0, 0.05) is 23.9 Å². The summed E-state index contributed by atoms with van der Waals surface area (Å²) in [5.74, 6) is -1.06. The average Bonchev–Trinajstić information content (AvgIpc) is 3.21. The lowest BCUT2D eigenvalue weighted by Crippen LogP contribution is -2.28. The average molecular weight is 296 g/mol. The van der Waals surface area contributed by atoms with Crippen LogP contribution in [0.15, 0.2) is 23.1 Å². The molecule has 6 heteroatoms. The maximum absolute atomic E-state index is 13.4. The van der Waals surface area contributed by atoms with E-state index in [1.165, 1.54) is 18.2 Å². The number of rotatable bonds is 6. The minimum absolute atomic E-state index is 0.00489. The third kappa shape index (κ3) is 4.52. The van der Waals surface area contributed by atoms with Crippen molar-refractivity contribution >= 4 is 24.4 Å². The highest BCUT2D eigenvalue weighted by Crippen LogP contribution is 2.18. The zero-order chi connectivity index (χ0) is 14.5. The molecule has 0 heterocycles. The fourth-order valence-electron chi connectivity index (χ4n) is 1.76. The number of amides is 2. The molecule has 0 bridgehead atoms. The van der Waals surface area contributed by atoms with Crippen LogP contribution in [-0.4, -0.2) is 24.4 Å². The Labute approximate surface area is 122 Å². The van der Waals surface area contributed by atoms with Gasteiger partial charge in [-0.25, -0.2) is 4.39 Å². The van der Waals surface area contributed by atoms with E-state index in [-0.39, 0.29) is 11.5 Å². The standard InChI is InChI=1S/C14H17FN2O2S/c15-12-6-5-10(20)8-11(12)14(19)16-7-1-2-13(18)17-9-3-4-9/h5-6,8-9,20H,1-4,7H2,(H,16,19)(H,17,18). The van der Waals surface area contributed by atoms with Crippen molar-refractivity contribution in [2.75, 3.05) is 6.54 Å². The Bertz CT molecular complexity index is 518. The van der Waals surface area contributed by atoms with Crippen LogP contribution in [0.2, 0.25) is 0 Å². The molecule has 0 saturated heterocycles. The first-order chi connectivity index (χ1) is 9.56. The van der Waals surface area contributed by atoms with Crippen molar-refractivity contribution in [2.24, 2.45) is 0 Å². The van der Waals surface area contributed by atoms with Crippen molar-refractivity contribution < 1.29 is 14.0 Å². The van der Waals surface area contributed by atoms with Crippen molar-refractivity contribution in [3.63, 3.8) is 0 Å². The van der Waals surface area contributed by atoms with Crippen LogP contribution in [-0.2, 0) is 4.79 Å². The van der Waals surface area contributed by atoms with Crippen LogP contribution in [0.4, 0.5) is 4.39 Å². The predicted octanol–water partition coefficient (Wildman–Crippen LogP) is 1.90. The maximum atomic E-state index is 13.4. The molecular formula is C14H17FN2O2S. The summed E-state index contributed by atoms with van der Waals surface area (Å²) in [5.41, 5.74) is -0.0278. The normalized spacial score (nSPS) is 13.9. The number of hydrogen-bond donors (Lipinski definition) is 3. The Morgan fingerprint density at radius 3 is 2.80 bits per heavy atom. The molecule has 0 unspecified atom stereocenters. The van der Waals surface area contributed by atoms with Crippen LogP contribution in [0.25, 0.3) is 0 Å². The van der Waals surface area contributed by atoms with Gasteiger partial charge < -0.3 is 10.6 Å². The van der Waals surface area contributed by atoms with Crippen molar-refractivity contribution in [1.29, 1.82) is 0 Å². The van der Waals surface area contributed by atoms with Gasteiger partial charge in [-0.05, 0) is 37.5 Å². The summed E-state index contributed by atoms with van der Waals surface area (Å²) in [7, 11) is 0. The molecular weight excluding hydrogens is 279 g/mol. The fourth-order valence-corrected chi connectivity index (χ4v) is 1.96. The lowest BCUT2D eigenvalue weighted by atomic mass is 10.2.